The number of aromatic amines is 1. The first kappa shape index (κ1) is 19.2. The molecule has 0 unspecified atom stereocenters. The number of amides is 1. The fraction of sp³-hybridized carbons (Fsp3) is 0.190. The van der Waals surface area contributed by atoms with Crippen molar-refractivity contribution in [3.8, 4) is 22.8 Å². The number of hydrogen-bond donors (Lipinski definition) is 2. The minimum Gasteiger partial charge on any atom is -0.497 e. The van der Waals surface area contributed by atoms with E-state index in [4.69, 9.17) is 9.47 Å². The molecule has 0 aliphatic carbocycles. The smallest absolute Gasteiger partial charge is 0.289 e. The zero-order valence-corrected chi connectivity index (χ0v) is 16.0. The first-order chi connectivity index (χ1) is 13.6. The lowest BCUT2D eigenvalue weighted by Gasteiger charge is -2.05. The second kappa shape index (κ2) is 8.85. The topological polar surface area (TPSA) is 88.6 Å². The third kappa shape index (κ3) is 4.56. The van der Waals surface area contributed by atoms with Gasteiger partial charge in [0, 0.05) is 5.56 Å². The van der Waals surface area contributed by atoms with Crippen molar-refractivity contribution in [2.75, 3.05) is 13.7 Å². The number of carbonyl (C=O) groups is 1. The van der Waals surface area contributed by atoms with E-state index in [9.17, 15) is 4.79 Å². The number of benzene rings is 2. The molecule has 0 atom stereocenters. The van der Waals surface area contributed by atoms with E-state index >= 15 is 0 Å². The lowest BCUT2D eigenvalue weighted by molar-refractivity contribution is 0.0950. The Morgan fingerprint density at radius 1 is 1.11 bits per heavy atom. The van der Waals surface area contributed by atoms with Gasteiger partial charge in [-0.3, -0.25) is 9.89 Å². The molecule has 2 aromatic carbocycles. The van der Waals surface area contributed by atoms with Crippen molar-refractivity contribution < 1.29 is 14.3 Å². The van der Waals surface area contributed by atoms with Crippen molar-refractivity contribution in [3.63, 3.8) is 0 Å². The van der Waals surface area contributed by atoms with Crippen LogP contribution in [0.1, 0.15) is 29.9 Å². The molecular weight excluding hydrogens is 356 g/mol. The number of H-pyrrole nitrogens is 1. The molecule has 7 heteroatoms. The molecule has 3 aromatic rings. The van der Waals surface area contributed by atoms with Gasteiger partial charge in [-0.25, -0.2) is 5.43 Å². The third-order valence-corrected chi connectivity index (χ3v) is 4.12. The Morgan fingerprint density at radius 2 is 1.79 bits per heavy atom. The minimum atomic E-state index is -0.363. The first-order valence-corrected chi connectivity index (χ1v) is 8.88. The maximum Gasteiger partial charge on any atom is 0.289 e. The zero-order valence-electron chi connectivity index (χ0n) is 16.0. The number of aromatic nitrogens is 2. The SMILES string of the molecule is CCOc1ccc(C(C)=NNC(=O)c2cc(-c3ccc(OC)cc3)n[nH]2)cc1. The van der Waals surface area contributed by atoms with Crippen LogP contribution in [0.15, 0.2) is 59.7 Å². The van der Waals surface area contributed by atoms with Crippen LogP contribution in [0.25, 0.3) is 11.3 Å². The van der Waals surface area contributed by atoms with Crippen LogP contribution in [0, 0.1) is 0 Å². The number of hydrazone groups is 1. The molecule has 1 amide bonds. The molecule has 0 spiro atoms. The van der Waals surface area contributed by atoms with Gasteiger partial charge in [0.05, 0.1) is 25.1 Å². The molecule has 3 rings (SSSR count). The largest absolute Gasteiger partial charge is 0.497 e. The first-order valence-electron chi connectivity index (χ1n) is 8.88. The Kier molecular flexibility index (Phi) is 6.06. The molecule has 0 aliphatic rings. The van der Waals surface area contributed by atoms with E-state index in [0.29, 0.717) is 23.7 Å². The Morgan fingerprint density at radius 3 is 2.43 bits per heavy atom. The summed E-state index contributed by atoms with van der Waals surface area (Å²) in [5.41, 5.74) is 6.00. The molecule has 0 bridgehead atoms. The van der Waals surface area contributed by atoms with Gasteiger partial charge in [-0.2, -0.15) is 10.2 Å². The normalized spacial score (nSPS) is 11.2. The van der Waals surface area contributed by atoms with Crippen molar-refractivity contribution in [1.29, 1.82) is 0 Å². The van der Waals surface area contributed by atoms with E-state index in [0.717, 1.165) is 22.6 Å². The number of nitrogens with zero attached hydrogens (tertiary/aromatic N) is 2. The molecule has 0 aliphatic heterocycles. The predicted octanol–water partition coefficient (Wildman–Crippen LogP) is 3.64. The van der Waals surface area contributed by atoms with Gasteiger partial charge in [0.25, 0.3) is 5.91 Å². The Labute approximate surface area is 163 Å². The van der Waals surface area contributed by atoms with Crippen LogP contribution >= 0.6 is 0 Å². The quantitative estimate of drug-likeness (QED) is 0.485. The summed E-state index contributed by atoms with van der Waals surface area (Å²) in [4.78, 5) is 12.3. The summed E-state index contributed by atoms with van der Waals surface area (Å²) < 4.78 is 10.6. The highest BCUT2D eigenvalue weighted by Crippen LogP contribution is 2.21. The van der Waals surface area contributed by atoms with Crippen molar-refractivity contribution >= 4 is 11.6 Å². The van der Waals surface area contributed by atoms with Crippen LogP contribution in [-0.2, 0) is 0 Å². The van der Waals surface area contributed by atoms with E-state index in [-0.39, 0.29) is 5.91 Å². The van der Waals surface area contributed by atoms with Crippen LogP contribution in [0.4, 0.5) is 0 Å². The molecule has 0 radical (unpaired) electrons. The molecule has 0 saturated carbocycles. The maximum atomic E-state index is 12.3. The zero-order chi connectivity index (χ0) is 19.9. The summed E-state index contributed by atoms with van der Waals surface area (Å²) in [6.07, 6.45) is 0. The number of ether oxygens (including phenoxy) is 2. The lowest BCUT2D eigenvalue weighted by atomic mass is 10.1. The minimum absolute atomic E-state index is 0.328. The summed E-state index contributed by atoms with van der Waals surface area (Å²) >= 11 is 0. The fourth-order valence-corrected chi connectivity index (χ4v) is 2.57. The standard InChI is InChI=1S/C21H22N4O3/c1-4-28-18-11-5-15(6-12-18)14(2)22-25-21(26)20-13-19(23-24-20)16-7-9-17(27-3)10-8-16/h5-13H,4H2,1-3H3,(H,23,24)(H,25,26). The molecule has 28 heavy (non-hydrogen) atoms. The van der Waals surface area contributed by atoms with Crippen molar-refractivity contribution in [1.82, 2.24) is 15.6 Å². The second-order valence-corrected chi connectivity index (χ2v) is 5.99. The van der Waals surface area contributed by atoms with Gasteiger partial charge in [0.2, 0.25) is 0 Å². The average Bonchev–Trinajstić information content (AvgIpc) is 3.23. The van der Waals surface area contributed by atoms with Gasteiger partial charge in [0.15, 0.2) is 0 Å². The number of rotatable bonds is 7. The monoisotopic (exact) mass is 378 g/mol. The van der Waals surface area contributed by atoms with Gasteiger partial charge in [-0.05, 0) is 74.0 Å². The number of nitrogens with one attached hydrogen (secondary N) is 2. The van der Waals surface area contributed by atoms with Crippen LogP contribution in [-0.4, -0.2) is 35.5 Å². The van der Waals surface area contributed by atoms with E-state index in [1.165, 1.54) is 0 Å². The summed E-state index contributed by atoms with van der Waals surface area (Å²) in [6, 6.07) is 16.7. The van der Waals surface area contributed by atoms with Crippen molar-refractivity contribution in [2.45, 2.75) is 13.8 Å². The second-order valence-electron chi connectivity index (χ2n) is 5.99. The van der Waals surface area contributed by atoms with E-state index in [1.807, 2.05) is 62.4 Å². The summed E-state index contributed by atoms with van der Waals surface area (Å²) in [5.74, 6) is 1.19. The number of carbonyl (C=O) groups excluding carboxylic acids is 1. The molecule has 1 heterocycles. The number of hydrogen-bond acceptors (Lipinski definition) is 5. The van der Waals surface area contributed by atoms with Gasteiger partial charge in [0.1, 0.15) is 17.2 Å². The molecule has 144 valence electrons. The van der Waals surface area contributed by atoms with Crippen LogP contribution in [0.5, 0.6) is 11.5 Å². The molecule has 0 fully saturated rings. The number of methoxy groups -OCH3 is 1. The summed E-state index contributed by atoms with van der Waals surface area (Å²) in [6.45, 7) is 4.38. The van der Waals surface area contributed by atoms with E-state index in [1.54, 1.807) is 13.2 Å². The Hall–Kier alpha value is -3.61. The average molecular weight is 378 g/mol. The van der Waals surface area contributed by atoms with Gasteiger partial charge in [-0.15, -0.1) is 0 Å². The maximum absolute atomic E-state index is 12.3. The van der Waals surface area contributed by atoms with Crippen molar-refractivity contribution in [3.05, 3.63) is 65.9 Å². The highest BCUT2D eigenvalue weighted by molar-refractivity contribution is 6.00. The van der Waals surface area contributed by atoms with Gasteiger partial charge in [-0.1, -0.05) is 0 Å². The predicted molar refractivity (Wildman–Crippen MR) is 108 cm³/mol. The summed E-state index contributed by atoms with van der Waals surface area (Å²) in [5, 5.41) is 11.1. The Bertz CT molecular complexity index is 960. The summed E-state index contributed by atoms with van der Waals surface area (Å²) in [7, 11) is 1.61. The lowest BCUT2D eigenvalue weighted by Crippen LogP contribution is -2.19. The highest BCUT2D eigenvalue weighted by Gasteiger charge is 2.11. The molecule has 0 saturated heterocycles. The molecular formula is C21H22N4O3. The van der Waals surface area contributed by atoms with Crippen LogP contribution < -0.4 is 14.9 Å². The van der Waals surface area contributed by atoms with E-state index < -0.39 is 0 Å². The highest BCUT2D eigenvalue weighted by atomic mass is 16.5. The molecule has 2 N–H and O–H groups in total. The van der Waals surface area contributed by atoms with Crippen LogP contribution in [0.2, 0.25) is 0 Å². The van der Waals surface area contributed by atoms with Crippen molar-refractivity contribution in [2.24, 2.45) is 5.10 Å². The molecule has 1 aromatic heterocycles. The van der Waals surface area contributed by atoms with E-state index in [2.05, 4.69) is 20.7 Å². The fourth-order valence-electron chi connectivity index (χ4n) is 2.57. The van der Waals surface area contributed by atoms with Crippen LogP contribution in [0.3, 0.4) is 0 Å². The van der Waals surface area contributed by atoms with Gasteiger partial charge >= 0.3 is 0 Å². The Balaban J connectivity index is 1.65. The third-order valence-electron chi connectivity index (χ3n) is 4.12. The molecule has 7 nitrogen and oxygen atoms in total. The van der Waals surface area contributed by atoms with Gasteiger partial charge < -0.3 is 9.47 Å².